The summed E-state index contributed by atoms with van der Waals surface area (Å²) in [6.07, 6.45) is 7.66. The average Bonchev–Trinajstić information content (AvgIpc) is 2.29. The van der Waals surface area contributed by atoms with Gasteiger partial charge < -0.3 is 4.74 Å². The zero-order valence-corrected chi connectivity index (χ0v) is 8.20. The molecule has 0 aliphatic heterocycles. The van der Waals surface area contributed by atoms with E-state index in [2.05, 4.69) is 0 Å². The van der Waals surface area contributed by atoms with Gasteiger partial charge >= 0.3 is 5.97 Å². The van der Waals surface area contributed by atoms with Crippen molar-refractivity contribution in [3.8, 4) is 0 Å². The maximum atomic E-state index is 11.3. The number of allylic oxidation sites excluding steroid dienone is 4. The van der Waals surface area contributed by atoms with Gasteiger partial charge in [0.2, 0.25) is 0 Å². The Kier molecular flexibility index (Phi) is 3.07. The first kappa shape index (κ1) is 9.78. The number of hydrogen-bond donors (Lipinski definition) is 0. The van der Waals surface area contributed by atoms with Crippen molar-refractivity contribution in [2.45, 2.75) is 13.8 Å². The van der Waals surface area contributed by atoms with Crippen molar-refractivity contribution in [3.05, 3.63) is 35.5 Å². The van der Waals surface area contributed by atoms with Crippen LogP contribution in [0.5, 0.6) is 0 Å². The lowest BCUT2D eigenvalue weighted by molar-refractivity contribution is -0.142. The molecule has 1 aliphatic carbocycles. The Labute approximate surface area is 78.6 Å². The summed E-state index contributed by atoms with van der Waals surface area (Å²) in [7, 11) is 1.41. The second kappa shape index (κ2) is 4.08. The Morgan fingerprint density at radius 1 is 1.38 bits per heavy atom. The van der Waals surface area contributed by atoms with E-state index in [-0.39, 0.29) is 11.9 Å². The molecular formula is C11H14O2. The molecular weight excluding hydrogens is 164 g/mol. The van der Waals surface area contributed by atoms with Gasteiger partial charge in [-0.1, -0.05) is 35.5 Å². The van der Waals surface area contributed by atoms with Crippen LogP contribution in [0.25, 0.3) is 0 Å². The summed E-state index contributed by atoms with van der Waals surface area (Å²) in [6.45, 7) is 3.95. The monoisotopic (exact) mass is 178 g/mol. The maximum Gasteiger partial charge on any atom is 0.316 e. The molecule has 0 fully saturated rings. The van der Waals surface area contributed by atoms with Crippen LogP contribution in [0, 0.1) is 5.92 Å². The van der Waals surface area contributed by atoms with Crippen LogP contribution in [-0.2, 0) is 9.53 Å². The third-order valence-corrected chi connectivity index (χ3v) is 2.30. The van der Waals surface area contributed by atoms with Gasteiger partial charge in [0.15, 0.2) is 0 Å². The lowest BCUT2D eigenvalue weighted by atomic mass is 9.97. The standard InChI is InChI=1S/C11H14O2/c1-8-6-4-5-7-10(9(8)2)11(12)13-3/h4-7,10H,1-3H3. The topological polar surface area (TPSA) is 26.3 Å². The third kappa shape index (κ3) is 2.08. The molecule has 1 rings (SSSR count). The van der Waals surface area contributed by atoms with E-state index in [0.29, 0.717) is 0 Å². The number of methoxy groups -OCH3 is 1. The highest BCUT2D eigenvalue weighted by atomic mass is 16.5. The van der Waals surface area contributed by atoms with Gasteiger partial charge in [0.25, 0.3) is 0 Å². The fraction of sp³-hybridized carbons (Fsp3) is 0.364. The highest BCUT2D eigenvalue weighted by Crippen LogP contribution is 2.21. The molecule has 0 radical (unpaired) electrons. The fourth-order valence-electron chi connectivity index (χ4n) is 1.28. The van der Waals surface area contributed by atoms with Crippen LogP contribution in [-0.4, -0.2) is 13.1 Å². The van der Waals surface area contributed by atoms with E-state index < -0.39 is 0 Å². The van der Waals surface area contributed by atoms with E-state index in [1.54, 1.807) is 0 Å². The van der Waals surface area contributed by atoms with Crippen LogP contribution in [0.3, 0.4) is 0 Å². The summed E-state index contributed by atoms with van der Waals surface area (Å²) >= 11 is 0. The zero-order chi connectivity index (χ0) is 9.84. The zero-order valence-electron chi connectivity index (χ0n) is 8.20. The molecule has 2 nitrogen and oxygen atoms in total. The Bertz CT molecular complexity index is 295. The van der Waals surface area contributed by atoms with Gasteiger partial charge in [0.1, 0.15) is 0 Å². The van der Waals surface area contributed by atoms with Crippen LogP contribution >= 0.6 is 0 Å². The van der Waals surface area contributed by atoms with E-state index in [0.717, 1.165) is 11.1 Å². The molecule has 0 N–H and O–H groups in total. The molecule has 0 amide bonds. The molecule has 0 aromatic rings. The van der Waals surface area contributed by atoms with Crippen LogP contribution in [0.15, 0.2) is 35.5 Å². The largest absolute Gasteiger partial charge is 0.468 e. The number of carbonyl (C=O) groups excluding carboxylic acids is 1. The number of esters is 1. The smallest absolute Gasteiger partial charge is 0.316 e. The van der Waals surface area contributed by atoms with E-state index in [4.69, 9.17) is 4.74 Å². The minimum atomic E-state index is -0.222. The Hall–Kier alpha value is -1.31. The first-order valence-corrected chi connectivity index (χ1v) is 4.27. The molecule has 13 heavy (non-hydrogen) atoms. The molecule has 0 heterocycles. The van der Waals surface area contributed by atoms with Crippen molar-refractivity contribution >= 4 is 5.97 Å². The minimum absolute atomic E-state index is 0.197. The molecule has 0 aromatic heterocycles. The Balaban J connectivity index is 2.98. The predicted molar refractivity (Wildman–Crippen MR) is 52.2 cm³/mol. The predicted octanol–water partition coefficient (Wildman–Crippen LogP) is 2.24. The van der Waals surface area contributed by atoms with Gasteiger partial charge in [-0.3, -0.25) is 4.79 Å². The normalized spacial score (nSPS) is 21.6. The van der Waals surface area contributed by atoms with Crippen molar-refractivity contribution in [3.63, 3.8) is 0 Å². The van der Waals surface area contributed by atoms with E-state index in [1.165, 1.54) is 7.11 Å². The van der Waals surface area contributed by atoms with Gasteiger partial charge in [-0.2, -0.15) is 0 Å². The van der Waals surface area contributed by atoms with Gasteiger partial charge in [0, 0.05) is 0 Å². The number of hydrogen-bond acceptors (Lipinski definition) is 2. The van der Waals surface area contributed by atoms with Crippen molar-refractivity contribution in [2.75, 3.05) is 7.11 Å². The molecule has 1 atom stereocenters. The molecule has 70 valence electrons. The summed E-state index contributed by atoms with van der Waals surface area (Å²) in [5, 5.41) is 0. The minimum Gasteiger partial charge on any atom is -0.468 e. The quantitative estimate of drug-likeness (QED) is 0.575. The summed E-state index contributed by atoms with van der Waals surface area (Å²) in [5.74, 6) is -0.420. The van der Waals surface area contributed by atoms with Crippen molar-refractivity contribution in [2.24, 2.45) is 5.92 Å². The van der Waals surface area contributed by atoms with Crippen LogP contribution in [0.1, 0.15) is 13.8 Å². The lowest BCUT2D eigenvalue weighted by Gasteiger charge is -2.11. The molecule has 1 unspecified atom stereocenters. The molecule has 2 heteroatoms. The highest BCUT2D eigenvalue weighted by molar-refractivity contribution is 5.78. The van der Waals surface area contributed by atoms with Crippen LogP contribution in [0.2, 0.25) is 0 Å². The second-order valence-electron chi connectivity index (χ2n) is 3.11. The molecule has 0 saturated heterocycles. The van der Waals surface area contributed by atoms with E-state index in [9.17, 15) is 4.79 Å². The Morgan fingerprint density at radius 2 is 2.08 bits per heavy atom. The highest BCUT2D eigenvalue weighted by Gasteiger charge is 2.19. The maximum absolute atomic E-state index is 11.3. The molecule has 0 saturated carbocycles. The van der Waals surface area contributed by atoms with Crippen LogP contribution < -0.4 is 0 Å². The van der Waals surface area contributed by atoms with Gasteiger partial charge in [-0.25, -0.2) is 0 Å². The SMILES string of the molecule is COC(=O)C1C=CC=CC(C)=C1C. The number of ether oxygens (including phenoxy) is 1. The van der Waals surface area contributed by atoms with Gasteiger partial charge in [0.05, 0.1) is 13.0 Å². The first-order chi connectivity index (χ1) is 6.16. The molecule has 0 spiro atoms. The summed E-state index contributed by atoms with van der Waals surface area (Å²) < 4.78 is 4.71. The molecule has 0 bridgehead atoms. The van der Waals surface area contributed by atoms with E-state index >= 15 is 0 Å². The van der Waals surface area contributed by atoms with Gasteiger partial charge in [-0.15, -0.1) is 0 Å². The first-order valence-electron chi connectivity index (χ1n) is 4.27. The summed E-state index contributed by atoms with van der Waals surface area (Å²) in [5.41, 5.74) is 2.18. The van der Waals surface area contributed by atoms with Crippen molar-refractivity contribution in [1.29, 1.82) is 0 Å². The van der Waals surface area contributed by atoms with E-state index in [1.807, 2.05) is 38.2 Å². The average molecular weight is 178 g/mol. The summed E-state index contributed by atoms with van der Waals surface area (Å²) in [4.78, 5) is 11.3. The fourth-order valence-corrected chi connectivity index (χ4v) is 1.28. The van der Waals surface area contributed by atoms with Crippen LogP contribution in [0.4, 0.5) is 0 Å². The second-order valence-corrected chi connectivity index (χ2v) is 3.11. The molecule has 0 aromatic carbocycles. The Morgan fingerprint density at radius 3 is 2.69 bits per heavy atom. The lowest BCUT2D eigenvalue weighted by Crippen LogP contribution is -2.15. The number of carbonyl (C=O) groups is 1. The van der Waals surface area contributed by atoms with Crippen molar-refractivity contribution < 1.29 is 9.53 Å². The number of rotatable bonds is 1. The van der Waals surface area contributed by atoms with Crippen molar-refractivity contribution in [1.82, 2.24) is 0 Å². The summed E-state index contributed by atoms with van der Waals surface area (Å²) in [6, 6.07) is 0. The van der Waals surface area contributed by atoms with Gasteiger partial charge in [-0.05, 0) is 13.8 Å². The third-order valence-electron chi connectivity index (χ3n) is 2.30. The molecule has 1 aliphatic rings.